The maximum atomic E-state index is 12.6. The molecule has 2 rings (SSSR count). The van der Waals surface area contributed by atoms with Gasteiger partial charge in [0, 0.05) is 0 Å². The summed E-state index contributed by atoms with van der Waals surface area (Å²) in [4.78, 5) is 19.7. The van der Waals surface area contributed by atoms with Crippen molar-refractivity contribution < 1.29 is 27.9 Å². The van der Waals surface area contributed by atoms with E-state index in [1.165, 1.54) is 0 Å². The van der Waals surface area contributed by atoms with Crippen LogP contribution in [0.25, 0.3) is 0 Å². The molecular formula is C12H9AsN2O8. The van der Waals surface area contributed by atoms with Gasteiger partial charge in [0.15, 0.2) is 0 Å². The molecule has 120 valence electrons. The van der Waals surface area contributed by atoms with Crippen LogP contribution in [-0.2, 0) is 3.74 Å². The van der Waals surface area contributed by atoms with Crippen molar-refractivity contribution in [2.75, 3.05) is 0 Å². The number of benzene rings is 2. The fourth-order valence-electron chi connectivity index (χ4n) is 1.84. The molecule has 0 aliphatic carbocycles. The van der Waals surface area contributed by atoms with Gasteiger partial charge in [0.05, 0.1) is 0 Å². The monoisotopic (exact) mass is 384 g/mol. The third kappa shape index (κ3) is 3.03. The first-order chi connectivity index (χ1) is 10.6. The van der Waals surface area contributed by atoms with E-state index in [2.05, 4.69) is 0 Å². The van der Waals surface area contributed by atoms with Crippen LogP contribution in [0.5, 0.6) is 11.5 Å². The number of hydrogen-bond donors (Lipinski definition) is 3. The number of aromatic hydroxyl groups is 2. The summed E-state index contributed by atoms with van der Waals surface area (Å²) < 4.78 is 22.2. The molecular weight excluding hydrogens is 375 g/mol. The van der Waals surface area contributed by atoms with Gasteiger partial charge in [-0.3, -0.25) is 0 Å². The second kappa shape index (κ2) is 5.75. The Morgan fingerprint density at radius 3 is 1.48 bits per heavy atom. The van der Waals surface area contributed by atoms with Crippen LogP contribution >= 0.6 is 0 Å². The SMILES string of the molecule is O=[N+]([O-])c1cc([As](=O)(O)c2ccc(O)c([N+](=O)[O-])c2)ccc1O. The van der Waals surface area contributed by atoms with E-state index in [9.17, 15) is 38.3 Å². The molecule has 10 nitrogen and oxygen atoms in total. The topological polar surface area (TPSA) is 164 Å². The fraction of sp³-hybridized carbons (Fsp3) is 0. The quantitative estimate of drug-likeness (QED) is 0.373. The molecule has 0 atom stereocenters. The van der Waals surface area contributed by atoms with Gasteiger partial charge in [-0.15, -0.1) is 0 Å². The molecule has 3 N–H and O–H groups in total. The Balaban J connectivity index is 2.61. The van der Waals surface area contributed by atoms with Gasteiger partial charge < -0.3 is 0 Å². The minimum atomic E-state index is -5.14. The Bertz CT molecular complexity index is 799. The van der Waals surface area contributed by atoms with Crippen molar-refractivity contribution >= 4 is 33.9 Å². The Morgan fingerprint density at radius 2 is 1.17 bits per heavy atom. The molecule has 2 aromatic carbocycles. The summed E-state index contributed by atoms with van der Waals surface area (Å²) in [6.45, 7) is 0. The van der Waals surface area contributed by atoms with Crippen molar-refractivity contribution in [2.45, 2.75) is 0 Å². The number of nitrogens with zero attached hydrogens (tertiary/aromatic N) is 2. The van der Waals surface area contributed by atoms with Crippen molar-refractivity contribution in [1.82, 2.24) is 0 Å². The summed E-state index contributed by atoms with van der Waals surface area (Å²) in [5.41, 5.74) is -1.52. The normalized spacial score (nSPS) is 11.2. The molecule has 0 saturated heterocycles. The molecule has 0 heterocycles. The standard InChI is InChI=1S/C12H9AsN2O8/c16-11-3-1-7(5-9(11)14(20)21)13(18,19)8-2-4-12(17)10(6-8)15(22)23/h1-6,16-17H,(H,18,19). The molecule has 2 aromatic rings. The van der Waals surface area contributed by atoms with Crippen LogP contribution in [0.2, 0.25) is 0 Å². The predicted octanol–water partition coefficient (Wildman–Crippen LogP) is -0.107. The Labute approximate surface area is 130 Å². The molecule has 0 radical (unpaired) electrons. The van der Waals surface area contributed by atoms with Crippen LogP contribution in [0.3, 0.4) is 0 Å². The average Bonchev–Trinajstić information content (AvgIpc) is 2.47. The summed E-state index contributed by atoms with van der Waals surface area (Å²) in [6, 6.07) is 5.34. The second-order valence-corrected chi connectivity index (χ2v) is 9.02. The van der Waals surface area contributed by atoms with Gasteiger partial charge >= 0.3 is 130 Å². The number of phenolic OH excluding ortho intramolecular Hbond substituents is 2. The molecule has 0 amide bonds. The average molecular weight is 384 g/mol. The first kappa shape index (κ1) is 16.5. The van der Waals surface area contributed by atoms with E-state index in [1.807, 2.05) is 0 Å². The van der Waals surface area contributed by atoms with E-state index in [1.54, 1.807) is 0 Å². The van der Waals surface area contributed by atoms with Crippen LogP contribution in [-0.4, -0.2) is 38.0 Å². The predicted molar refractivity (Wildman–Crippen MR) is 77.4 cm³/mol. The third-order valence-corrected chi connectivity index (χ3v) is 7.12. The minimum absolute atomic E-state index is 0.326. The van der Waals surface area contributed by atoms with Gasteiger partial charge in [0.25, 0.3) is 0 Å². The van der Waals surface area contributed by atoms with E-state index in [0.717, 1.165) is 36.4 Å². The summed E-state index contributed by atoms with van der Waals surface area (Å²) in [6.07, 6.45) is 0. The molecule has 0 aliphatic heterocycles. The first-order valence-corrected chi connectivity index (χ1v) is 9.41. The molecule has 0 spiro atoms. The van der Waals surface area contributed by atoms with Crippen LogP contribution in [0.15, 0.2) is 36.4 Å². The van der Waals surface area contributed by atoms with Crippen LogP contribution < -0.4 is 8.70 Å². The van der Waals surface area contributed by atoms with Gasteiger partial charge in [0.1, 0.15) is 0 Å². The van der Waals surface area contributed by atoms with Crippen LogP contribution in [0.4, 0.5) is 11.4 Å². The zero-order chi connectivity index (χ0) is 17.4. The summed E-state index contributed by atoms with van der Waals surface area (Å²) in [5, 5.41) is 40.3. The zero-order valence-corrected chi connectivity index (χ0v) is 13.1. The Morgan fingerprint density at radius 1 is 0.826 bits per heavy atom. The second-order valence-electron chi connectivity index (χ2n) is 4.44. The summed E-state index contributed by atoms with van der Waals surface area (Å²) in [5.74, 6) is -1.35. The van der Waals surface area contributed by atoms with Gasteiger partial charge in [0.2, 0.25) is 0 Å². The van der Waals surface area contributed by atoms with E-state index >= 15 is 0 Å². The molecule has 0 saturated carbocycles. The van der Waals surface area contributed by atoms with Crippen molar-refractivity contribution in [3.05, 3.63) is 56.6 Å². The molecule has 0 fully saturated rings. The Hall–Kier alpha value is -2.84. The van der Waals surface area contributed by atoms with Gasteiger partial charge in [-0.1, -0.05) is 0 Å². The van der Waals surface area contributed by atoms with E-state index < -0.39 is 46.6 Å². The van der Waals surface area contributed by atoms with Crippen molar-refractivity contribution in [2.24, 2.45) is 0 Å². The number of nitro groups is 2. The third-order valence-electron chi connectivity index (χ3n) is 3.01. The van der Waals surface area contributed by atoms with E-state index in [4.69, 9.17) is 0 Å². The van der Waals surface area contributed by atoms with Crippen LogP contribution in [0, 0.1) is 20.2 Å². The Kier molecular flexibility index (Phi) is 4.13. The fourth-order valence-corrected chi connectivity index (χ4v) is 4.88. The first-order valence-electron chi connectivity index (χ1n) is 5.93. The zero-order valence-electron chi connectivity index (χ0n) is 11.2. The van der Waals surface area contributed by atoms with Gasteiger partial charge in [-0.2, -0.15) is 0 Å². The molecule has 23 heavy (non-hydrogen) atoms. The molecule has 0 bridgehead atoms. The number of hydrogen-bond acceptors (Lipinski definition) is 7. The van der Waals surface area contributed by atoms with Gasteiger partial charge in [-0.05, 0) is 0 Å². The van der Waals surface area contributed by atoms with E-state index in [-0.39, 0.29) is 8.70 Å². The molecule has 0 aromatic heterocycles. The summed E-state index contributed by atoms with van der Waals surface area (Å²) >= 11 is -5.14. The number of nitro benzene ring substituents is 2. The number of rotatable bonds is 4. The van der Waals surface area contributed by atoms with Crippen molar-refractivity contribution in [3.63, 3.8) is 0 Å². The van der Waals surface area contributed by atoms with Crippen molar-refractivity contribution in [1.29, 1.82) is 0 Å². The molecule has 11 heteroatoms. The van der Waals surface area contributed by atoms with Crippen LogP contribution in [0.1, 0.15) is 0 Å². The van der Waals surface area contributed by atoms with Crippen molar-refractivity contribution in [3.8, 4) is 11.5 Å². The summed E-state index contributed by atoms with van der Waals surface area (Å²) in [7, 11) is 0. The molecule has 0 unspecified atom stereocenters. The molecule has 0 aliphatic rings. The maximum absolute atomic E-state index is 12.6. The van der Waals surface area contributed by atoms with E-state index in [0.29, 0.717) is 0 Å². The van der Waals surface area contributed by atoms with Gasteiger partial charge in [-0.25, -0.2) is 0 Å². The number of phenols is 2.